The molecule has 0 aromatic carbocycles. The highest BCUT2D eigenvalue weighted by Crippen LogP contribution is 2.38. The van der Waals surface area contributed by atoms with Gasteiger partial charge in [-0.05, 0) is 23.6 Å². The number of nitrogens with zero attached hydrogens (tertiary/aromatic N) is 3. The molecule has 1 aliphatic rings. The maximum absolute atomic E-state index is 12.7. The number of hydrogen-bond acceptors (Lipinski definition) is 5. The number of fused-ring (bicyclic) bond motifs is 1. The molecule has 7 heteroatoms. The van der Waals surface area contributed by atoms with Crippen LogP contribution in [0.3, 0.4) is 0 Å². The molecule has 0 aliphatic carbocycles. The zero-order valence-electron chi connectivity index (χ0n) is 13.6. The van der Waals surface area contributed by atoms with E-state index < -0.39 is 11.2 Å². The van der Waals surface area contributed by atoms with Crippen molar-refractivity contribution in [1.82, 2.24) is 14.1 Å². The first-order chi connectivity index (χ1) is 11.4. The van der Waals surface area contributed by atoms with Crippen molar-refractivity contribution < 1.29 is 4.79 Å². The maximum Gasteiger partial charge on any atom is 0.331 e. The fourth-order valence-electron chi connectivity index (χ4n) is 2.56. The number of Topliss-reactive ketones (excluding diaryl/α,β-unsaturated/α-hetero) is 1. The van der Waals surface area contributed by atoms with E-state index in [2.05, 4.69) is 4.98 Å². The van der Waals surface area contributed by atoms with E-state index >= 15 is 0 Å². The summed E-state index contributed by atoms with van der Waals surface area (Å²) in [5, 5.41) is 0.442. The third kappa shape index (κ3) is 2.75. The van der Waals surface area contributed by atoms with Crippen LogP contribution in [0.2, 0.25) is 0 Å². The van der Waals surface area contributed by atoms with Crippen molar-refractivity contribution in [2.75, 3.05) is 0 Å². The molecule has 0 saturated carbocycles. The van der Waals surface area contributed by atoms with Gasteiger partial charge < -0.3 is 0 Å². The lowest BCUT2D eigenvalue weighted by Gasteiger charge is -2.13. The molecular formula is C17H17N3O3S. The van der Waals surface area contributed by atoms with E-state index in [4.69, 9.17) is 0 Å². The monoisotopic (exact) mass is 343 g/mol. The molecule has 124 valence electrons. The summed E-state index contributed by atoms with van der Waals surface area (Å²) in [7, 11) is 1.41. The first-order valence-electron chi connectivity index (χ1n) is 7.58. The van der Waals surface area contributed by atoms with E-state index in [1.807, 2.05) is 19.9 Å². The van der Waals surface area contributed by atoms with Gasteiger partial charge in [-0.25, -0.2) is 4.79 Å². The first-order valence-corrected chi connectivity index (χ1v) is 8.40. The molecule has 0 atom stereocenters. The Bertz CT molecular complexity index is 956. The van der Waals surface area contributed by atoms with Crippen LogP contribution < -0.4 is 11.2 Å². The molecule has 6 nitrogen and oxygen atoms in total. The van der Waals surface area contributed by atoms with Crippen LogP contribution in [0.25, 0.3) is 6.08 Å². The lowest BCUT2D eigenvalue weighted by atomic mass is 10.1. The Morgan fingerprint density at radius 3 is 2.67 bits per heavy atom. The van der Waals surface area contributed by atoms with Crippen molar-refractivity contribution in [3.63, 3.8) is 0 Å². The smallest absolute Gasteiger partial charge is 0.288 e. The van der Waals surface area contributed by atoms with Crippen molar-refractivity contribution in [1.29, 1.82) is 0 Å². The van der Waals surface area contributed by atoms with Crippen molar-refractivity contribution in [2.24, 2.45) is 13.0 Å². The van der Waals surface area contributed by atoms with Gasteiger partial charge in [0.05, 0.1) is 4.91 Å². The van der Waals surface area contributed by atoms with Gasteiger partial charge in [-0.2, -0.15) is 0 Å². The zero-order valence-corrected chi connectivity index (χ0v) is 14.5. The zero-order chi connectivity index (χ0) is 17.4. The van der Waals surface area contributed by atoms with Gasteiger partial charge in [0.25, 0.3) is 5.56 Å². The third-order valence-corrected chi connectivity index (χ3v) is 4.82. The van der Waals surface area contributed by atoms with Gasteiger partial charge in [0.2, 0.25) is 5.78 Å². The molecule has 0 saturated heterocycles. The second-order valence-electron chi connectivity index (χ2n) is 6.06. The van der Waals surface area contributed by atoms with Crippen LogP contribution in [0, 0.1) is 5.92 Å². The lowest BCUT2D eigenvalue weighted by Crippen LogP contribution is -2.41. The Labute approximate surface area is 142 Å². The molecular weight excluding hydrogens is 326 g/mol. The van der Waals surface area contributed by atoms with Crippen LogP contribution in [0.4, 0.5) is 0 Å². The quantitative estimate of drug-likeness (QED) is 0.629. The minimum absolute atomic E-state index is 0.0814. The Morgan fingerprint density at radius 2 is 2.04 bits per heavy atom. The molecule has 0 unspecified atom stereocenters. The van der Waals surface area contributed by atoms with Gasteiger partial charge in [0.15, 0.2) is 0 Å². The van der Waals surface area contributed by atoms with Gasteiger partial charge in [-0.15, -0.1) is 0 Å². The van der Waals surface area contributed by atoms with E-state index in [9.17, 15) is 14.4 Å². The second-order valence-corrected chi connectivity index (χ2v) is 7.09. The Morgan fingerprint density at radius 1 is 1.29 bits per heavy atom. The summed E-state index contributed by atoms with van der Waals surface area (Å²) in [4.78, 5) is 42.0. The molecule has 0 N–H and O–H groups in total. The Hall–Kier alpha value is -2.41. The number of thioether (sulfide) groups is 1. The molecule has 3 heterocycles. The number of ketones is 1. The summed E-state index contributed by atoms with van der Waals surface area (Å²) in [6, 6.07) is 3.60. The van der Waals surface area contributed by atoms with E-state index in [-0.39, 0.29) is 17.3 Å². The predicted octanol–water partition coefficient (Wildman–Crippen LogP) is 1.93. The van der Waals surface area contributed by atoms with Crippen molar-refractivity contribution in [3.8, 4) is 0 Å². The number of hydrogen-bond donors (Lipinski definition) is 0. The minimum Gasteiger partial charge on any atom is -0.288 e. The molecule has 0 radical (unpaired) electrons. The summed E-state index contributed by atoms with van der Waals surface area (Å²) < 4.78 is 2.53. The number of allylic oxidation sites excluding steroid dienone is 1. The van der Waals surface area contributed by atoms with Gasteiger partial charge in [0, 0.05) is 26.0 Å². The van der Waals surface area contributed by atoms with E-state index in [0.717, 1.165) is 10.1 Å². The van der Waals surface area contributed by atoms with E-state index in [1.54, 1.807) is 24.5 Å². The molecule has 0 bridgehead atoms. The summed E-state index contributed by atoms with van der Waals surface area (Å²) in [5.74, 6) is -0.122. The van der Waals surface area contributed by atoms with Crippen molar-refractivity contribution >= 4 is 23.6 Å². The summed E-state index contributed by atoms with van der Waals surface area (Å²) >= 11 is 1.18. The van der Waals surface area contributed by atoms with Gasteiger partial charge in [-0.3, -0.25) is 23.7 Å². The van der Waals surface area contributed by atoms with Crippen molar-refractivity contribution in [3.05, 3.63) is 61.4 Å². The van der Waals surface area contributed by atoms with Crippen LogP contribution >= 0.6 is 11.8 Å². The number of pyridine rings is 1. The second kappa shape index (κ2) is 6.24. The van der Waals surface area contributed by atoms with E-state index in [0.29, 0.717) is 16.5 Å². The highest BCUT2D eigenvalue weighted by molar-refractivity contribution is 8.04. The maximum atomic E-state index is 12.7. The topological polar surface area (TPSA) is 74.0 Å². The normalized spacial score (nSPS) is 15.3. The molecule has 0 spiro atoms. The number of carbonyl (C=O) groups excluding carboxylic acids is 1. The summed E-state index contributed by atoms with van der Waals surface area (Å²) in [6.07, 6.45) is 4.99. The number of carbonyl (C=O) groups is 1. The molecule has 24 heavy (non-hydrogen) atoms. The molecule has 2 aromatic heterocycles. The highest BCUT2D eigenvalue weighted by Gasteiger charge is 2.33. The highest BCUT2D eigenvalue weighted by atomic mass is 32.2. The third-order valence-electron chi connectivity index (χ3n) is 3.68. The lowest BCUT2D eigenvalue weighted by molar-refractivity contribution is 0.104. The standard InChI is InChI=1S/C17H17N3O3S/c1-10(2)9-20-16-13(15(22)19(3)17(20)23)14(21)12(24-16)7-11-5-4-6-18-8-11/h4-8,10H,9H2,1-3H3. The van der Waals surface area contributed by atoms with Gasteiger partial charge in [-0.1, -0.05) is 31.7 Å². The summed E-state index contributed by atoms with van der Waals surface area (Å²) in [6.45, 7) is 4.42. The van der Waals surface area contributed by atoms with Crippen LogP contribution in [0.5, 0.6) is 0 Å². The Balaban J connectivity index is 2.18. The van der Waals surface area contributed by atoms with E-state index in [1.165, 1.54) is 23.4 Å². The number of rotatable bonds is 3. The average molecular weight is 343 g/mol. The number of aromatic nitrogens is 3. The fourth-order valence-corrected chi connectivity index (χ4v) is 3.70. The van der Waals surface area contributed by atoms with Gasteiger partial charge in [0.1, 0.15) is 10.6 Å². The predicted molar refractivity (Wildman–Crippen MR) is 93.2 cm³/mol. The fraction of sp³-hybridized carbons (Fsp3) is 0.294. The summed E-state index contributed by atoms with van der Waals surface area (Å²) in [5.41, 5.74) is -0.0777. The first kappa shape index (κ1) is 16.4. The largest absolute Gasteiger partial charge is 0.331 e. The van der Waals surface area contributed by atoms with Crippen molar-refractivity contribution in [2.45, 2.75) is 25.4 Å². The molecule has 1 aliphatic heterocycles. The van der Waals surface area contributed by atoms with Crippen LogP contribution in [0.1, 0.15) is 29.8 Å². The molecule has 0 amide bonds. The molecule has 0 fully saturated rings. The minimum atomic E-state index is -0.540. The van der Waals surface area contributed by atoms with Crippen LogP contribution in [-0.4, -0.2) is 19.9 Å². The average Bonchev–Trinajstić information content (AvgIpc) is 2.87. The molecule has 2 aromatic rings. The molecule has 3 rings (SSSR count). The Kier molecular flexibility index (Phi) is 4.28. The SMILES string of the molecule is CC(C)Cn1c2c(c(=O)n(C)c1=O)C(=O)C(=Cc1cccnc1)S2. The van der Waals surface area contributed by atoms with Gasteiger partial charge >= 0.3 is 5.69 Å². The van der Waals surface area contributed by atoms with Crippen LogP contribution in [0.15, 0.2) is 44.0 Å². The van der Waals surface area contributed by atoms with Crippen LogP contribution in [-0.2, 0) is 13.6 Å².